The number of carbonyl (C=O) groups is 1. The molecule has 0 saturated carbocycles. The van der Waals surface area contributed by atoms with Gasteiger partial charge in [-0.2, -0.15) is 0 Å². The molecule has 2 aromatic rings. The van der Waals surface area contributed by atoms with E-state index in [1.165, 1.54) is 11.1 Å². The Bertz CT molecular complexity index is 646. The van der Waals surface area contributed by atoms with Gasteiger partial charge in [-0.25, -0.2) is 0 Å². The monoisotopic (exact) mass is 350 g/mol. The van der Waals surface area contributed by atoms with Crippen molar-refractivity contribution in [2.45, 2.75) is 57.7 Å². The maximum absolute atomic E-state index is 11.9. The van der Waals surface area contributed by atoms with Crippen LogP contribution in [0.3, 0.4) is 0 Å². The van der Waals surface area contributed by atoms with E-state index >= 15 is 0 Å². The van der Waals surface area contributed by atoms with Gasteiger partial charge >= 0.3 is 0 Å². The van der Waals surface area contributed by atoms with Gasteiger partial charge in [0, 0.05) is 25.0 Å². The molecule has 138 valence electrons. The van der Waals surface area contributed by atoms with Crippen molar-refractivity contribution in [2.24, 2.45) is 0 Å². The largest absolute Gasteiger partial charge is 0.352 e. The lowest BCUT2D eigenvalue weighted by atomic mass is 9.95. The van der Waals surface area contributed by atoms with Crippen molar-refractivity contribution in [3.05, 3.63) is 71.8 Å². The van der Waals surface area contributed by atoms with Crippen molar-refractivity contribution in [3.63, 3.8) is 0 Å². The lowest BCUT2D eigenvalue weighted by molar-refractivity contribution is -0.121. The lowest BCUT2D eigenvalue weighted by Crippen LogP contribution is -2.44. The number of hydrogen-bond donors (Lipinski definition) is 1. The standard InChI is InChI=1S/C21H24N2O.C2H6/c24-20-13-7-12-19-18(22-20)14-15-23(19)21(16-8-3-1-4-9-16)17-10-5-2-6-11-17;1-2/h1-6,8-11,18-19,21H,7,12-15H2,(H,22,24);1-2H3. The molecule has 0 bridgehead atoms. The summed E-state index contributed by atoms with van der Waals surface area (Å²) in [5.74, 6) is 0.223. The summed E-state index contributed by atoms with van der Waals surface area (Å²) in [7, 11) is 0. The third-order valence-electron chi connectivity index (χ3n) is 5.40. The van der Waals surface area contributed by atoms with Gasteiger partial charge in [-0.3, -0.25) is 9.69 Å². The molecule has 2 fully saturated rings. The zero-order valence-corrected chi connectivity index (χ0v) is 15.9. The topological polar surface area (TPSA) is 32.3 Å². The Labute approximate surface area is 157 Å². The molecule has 2 aliphatic rings. The number of nitrogens with one attached hydrogen (secondary N) is 1. The van der Waals surface area contributed by atoms with Gasteiger partial charge in [-0.15, -0.1) is 0 Å². The molecule has 0 aromatic heterocycles. The molecule has 0 radical (unpaired) electrons. The predicted octanol–water partition coefficient (Wildman–Crippen LogP) is 4.55. The summed E-state index contributed by atoms with van der Waals surface area (Å²) in [6.45, 7) is 5.03. The summed E-state index contributed by atoms with van der Waals surface area (Å²) >= 11 is 0. The van der Waals surface area contributed by atoms with E-state index in [1.54, 1.807) is 0 Å². The molecule has 0 spiro atoms. The molecule has 3 nitrogen and oxygen atoms in total. The number of likely N-dealkylation sites (tertiary alicyclic amines) is 1. The average Bonchev–Trinajstić information content (AvgIpc) is 2.97. The first-order chi connectivity index (χ1) is 12.8. The zero-order chi connectivity index (χ0) is 18.4. The highest BCUT2D eigenvalue weighted by atomic mass is 16.1. The van der Waals surface area contributed by atoms with E-state index in [2.05, 4.69) is 70.9 Å². The molecule has 2 aliphatic heterocycles. The molecule has 2 heterocycles. The fourth-order valence-corrected chi connectivity index (χ4v) is 4.33. The molecule has 0 aliphatic carbocycles. The van der Waals surface area contributed by atoms with E-state index in [-0.39, 0.29) is 11.9 Å². The van der Waals surface area contributed by atoms with Gasteiger partial charge in [-0.1, -0.05) is 74.5 Å². The van der Waals surface area contributed by atoms with Gasteiger partial charge in [0.2, 0.25) is 5.91 Å². The Morgan fingerprint density at radius 2 is 1.50 bits per heavy atom. The van der Waals surface area contributed by atoms with Crippen molar-refractivity contribution in [2.75, 3.05) is 6.54 Å². The highest BCUT2D eigenvalue weighted by Gasteiger charge is 2.40. The van der Waals surface area contributed by atoms with E-state index in [4.69, 9.17) is 0 Å². The molecule has 2 aromatic carbocycles. The predicted molar refractivity (Wildman–Crippen MR) is 107 cm³/mol. The summed E-state index contributed by atoms with van der Waals surface area (Å²) in [6.07, 6.45) is 3.80. The first-order valence-electron chi connectivity index (χ1n) is 9.98. The average molecular weight is 351 g/mol. The molecular weight excluding hydrogens is 320 g/mol. The van der Waals surface area contributed by atoms with Crippen LogP contribution in [-0.4, -0.2) is 29.4 Å². The second-order valence-electron chi connectivity index (χ2n) is 6.88. The molecule has 1 amide bonds. The summed E-state index contributed by atoms with van der Waals surface area (Å²) in [4.78, 5) is 14.5. The second kappa shape index (κ2) is 9.00. The third-order valence-corrected chi connectivity index (χ3v) is 5.40. The molecule has 3 heteroatoms. The Kier molecular flexibility index (Phi) is 6.45. The molecule has 26 heavy (non-hydrogen) atoms. The smallest absolute Gasteiger partial charge is 0.220 e. The molecular formula is C23H30N2O. The quantitative estimate of drug-likeness (QED) is 0.881. The molecule has 4 rings (SSSR count). The molecule has 2 atom stereocenters. The van der Waals surface area contributed by atoms with Crippen molar-refractivity contribution >= 4 is 5.91 Å². The van der Waals surface area contributed by atoms with Crippen molar-refractivity contribution in [1.29, 1.82) is 0 Å². The van der Waals surface area contributed by atoms with Crippen LogP contribution in [0.25, 0.3) is 0 Å². The van der Waals surface area contributed by atoms with Gasteiger partial charge in [0.05, 0.1) is 6.04 Å². The van der Waals surface area contributed by atoms with Gasteiger partial charge in [0.1, 0.15) is 0 Å². The summed E-state index contributed by atoms with van der Waals surface area (Å²) in [6, 6.07) is 22.5. The number of carbonyl (C=O) groups excluding carboxylic acids is 1. The summed E-state index contributed by atoms with van der Waals surface area (Å²) in [5, 5.41) is 3.25. The first-order valence-corrected chi connectivity index (χ1v) is 9.98. The number of rotatable bonds is 3. The van der Waals surface area contributed by atoms with Crippen LogP contribution in [-0.2, 0) is 4.79 Å². The number of benzene rings is 2. The van der Waals surface area contributed by atoms with Gasteiger partial charge in [-0.05, 0) is 30.4 Å². The Hall–Kier alpha value is -2.13. The Morgan fingerprint density at radius 3 is 2.08 bits per heavy atom. The highest BCUT2D eigenvalue weighted by Crippen LogP contribution is 2.37. The van der Waals surface area contributed by atoms with Gasteiger partial charge in [0.15, 0.2) is 0 Å². The number of hydrogen-bond acceptors (Lipinski definition) is 2. The molecule has 1 N–H and O–H groups in total. The number of fused-ring (bicyclic) bond motifs is 1. The Balaban J connectivity index is 0.000000948. The normalized spacial score (nSPS) is 22.8. The number of nitrogens with zero attached hydrogens (tertiary/aromatic N) is 1. The fourth-order valence-electron chi connectivity index (χ4n) is 4.33. The van der Waals surface area contributed by atoms with Crippen LogP contribution in [0.15, 0.2) is 60.7 Å². The SMILES string of the molecule is CC.O=C1CCCC2C(CCN2C(c2ccccc2)c2ccccc2)N1. The van der Waals surface area contributed by atoms with Crippen LogP contribution < -0.4 is 5.32 Å². The Morgan fingerprint density at radius 1 is 0.923 bits per heavy atom. The van der Waals surface area contributed by atoms with Gasteiger partial charge in [0.25, 0.3) is 0 Å². The van der Waals surface area contributed by atoms with E-state index in [0.29, 0.717) is 18.5 Å². The highest BCUT2D eigenvalue weighted by molar-refractivity contribution is 5.76. The molecule has 2 saturated heterocycles. The van der Waals surface area contributed by atoms with Crippen molar-refractivity contribution in [3.8, 4) is 0 Å². The van der Waals surface area contributed by atoms with Gasteiger partial charge < -0.3 is 5.32 Å². The third kappa shape index (κ3) is 3.99. The number of amides is 1. The van der Waals surface area contributed by atoms with Crippen molar-refractivity contribution < 1.29 is 4.79 Å². The second-order valence-corrected chi connectivity index (χ2v) is 6.88. The van der Waals surface area contributed by atoms with Crippen LogP contribution in [0.5, 0.6) is 0 Å². The van der Waals surface area contributed by atoms with Crippen molar-refractivity contribution in [1.82, 2.24) is 10.2 Å². The fraction of sp³-hybridized carbons (Fsp3) is 0.435. The lowest BCUT2D eigenvalue weighted by Gasteiger charge is -2.35. The summed E-state index contributed by atoms with van der Waals surface area (Å²) < 4.78 is 0. The van der Waals surface area contributed by atoms with Crippen LogP contribution in [0.4, 0.5) is 0 Å². The molecule has 2 unspecified atom stereocenters. The van der Waals surface area contributed by atoms with Crippen LogP contribution in [0.1, 0.15) is 56.7 Å². The minimum absolute atomic E-state index is 0.223. The van der Waals surface area contributed by atoms with Crippen LogP contribution in [0, 0.1) is 0 Å². The minimum Gasteiger partial charge on any atom is -0.352 e. The van der Waals surface area contributed by atoms with E-state index in [9.17, 15) is 4.79 Å². The first kappa shape index (κ1) is 18.7. The van der Waals surface area contributed by atoms with Crippen LogP contribution in [0.2, 0.25) is 0 Å². The van der Waals surface area contributed by atoms with E-state index in [0.717, 1.165) is 25.8 Å². The summed E-state index contributed by atoms with van der Waals surface area (Å²) in [5.41, 5.74) is 2.67. The van der Waals surface area contributed by atoms with E-state index < -0.39 is 0 Å². The maximum atomic E-state index is 11.9. The zero-order valence-electron chi connectivity index (χ0n) is 15.9. The van der Waals surface area contributed by atoms with E-state index in [1.807, 2.05) is 13.8 Å². The van der Waals surface area contributed by atoms with Crippen LogP contribution >= 0.6 is 0 Å². The minimum atomic E-state index is 0.223. The maximum Gasteiger partial charge on any atom is 0.220 e.